The van der Waals surface area contributed by atoms with Crippen LogP contribution in [-0.4, -0.2) is 11.5 Å². The van der Waals surface area contributed by atoms with Crippen LogP contribution in [0.5, 0.6) is 0 Å². The Bertz CT molecular complexity index is 505. The highest BCUT2D eigenvalue weighted by Crippen LogP contribution is 2.20. The summed E-state index contributed by atoms with van der Waals surface area (Å²) >= 11 is 1.73. The standard InChI is InChI=1S/C14H17FN2S/c1-3-16-9-13-10(2)17-14(18-13)8-11-4-6-12(15)7-5-11/h4-7,16H,3,8-9H2,1-2H3. The van der Waals surface area contributed by atoms with Gasteiger partial charge >= 0.3 is 0 Å². The number of nitrogens with one attached hydrogen (secondary N) is 1. The van der Waals surface area contributed by atoms with Crippen LogP contribution in [-0.2, 0) is 13.0 Å². The maximum Gasteiger partial charge on any atom is 0.123 e. The van der Waals surface area contributed by atoms with E-state index in [0.717, 1.165) is 35.8 Å². The molecular weight excluding hydrogens is 247 g/mol. The van der Waals surface area contributed by atoms with Crippen LogP contribution in [0.3, 0.4) is 0 Å². The first kappa shape index (κ1) is 13.2. The molecule has 1 heterocycles. The van der Waals surface area contributed by atoms with Gasteiger partial charge in [-0.2, -0.15) is 0 Å². The molecule has 1 aromatic carbocycles. The van der Waals surface area contributed by atoms with Gasteiger partial charge in [0, 0.05) is 17.8 Å². The van der Waals surface area contributed by atoms with Crippen molar-refractivity contribution in [3.05, 3.63) is 51.2 Å². The summed E-state index contributed by atoms with van der Waals surface area (Å²) in [5, 5.41) is 4.40. The molecule has 4 heteroatoms. The molecule has 0 radical (unpaired) electrons. The van der Waals surface area contributed by atoms with E-state index < -0.39 is 0 Å². The number of nitrogens with zero attached hydrogens (tertiary/aromatic N) is 1. The largest absolute Gasteiger partial charge is 0.312 e. The number of halogens is 1. The first-order valence-corrected chi connectivity index (χ1v) is 6.91. The molecule has 0 spiro atoms. The summed E-state index contributed by atoms with van der Waals surface area (Å²) in [5.74, 6) is -0.193. The van der Waals surface area contributed by atoms with E-state index in [4.69, 9.17) is 0 Å². The van der Waals surface area contributed by atoms with Gasteiger partial charge in [-0.1, -0.05) is 19.1 Å². The average molecular weight is 264 g/mol. The number of thiazole rings is 1. The molecule has 0 saturated carbocycles. The van der Waals surface area contributed by atoms with Crippen molar-refractivity contribution in [2.45, 2.75) is 26.8 Å². The van der Waals surface area contributed by atoms with Gasteiger partial charge in [-0.05, 0) is 31.2 Å². The molecule has 2 rings (SSSR count). The third kappa shape index (κ3) is 3.37. The van der Waals surface area contributed by atoms with Crippen LogP contribution < -0.4 is 5.32 Å². The average Bonchev–Trinajstić information content (AvgIpc) is 2.70. The minimum atomic E-state index is -0.193. The summed E-state index contributed by atoms with van der Waals surface area (Å²) in [6.07, 6.45) is 0.776. The van der Waals surface area contributed by atoms with Crippen LogP contribution in [0.1, 0.15) is 28.1 Å². The molecule has 0 aliphatic carbocycles. The lowest BCUT2D eigenvalue weighted by Crippen LogP contribution is -2.11. The van der Waals surface area contributed by atoms with Gasteiger partial charge in [0.2, 0.25) is 0 Å². The lowest BCUT2D eigenvalue weighted by Gasteiger charge is -1.98. The van der Waals surface area contributed by atoms with Gasteiger partial charge in [-0.15, -0.1) is 11.3 Å². The van der Waals surface area contributed by atoms with E-state index in [1.165, 1.54) is 17.0 Å². The van der Waals surface area contributed by atoms with Crippen molar-refractivity contribution >= 4 is 11.3 Å². The number of hydrogen-bond donors (Lipinski definition) is 1. The fraction of sp³-hybridized carbons (Fsp3) is 0.357. The fourth-order valence-corrected chi connectivity index (χ4v) is 2.82. The maximum absolute atomic E-state index is 12.8. The summed E-state index contributed by atoms with van der Waals surface area (Å²) in [5.41, 5.74) is 2.19. The van der Waals surface area contributed by atoms with Crippen molar-refractivity contribution in [3.8, 4) is 0 Å². The molecule has 0 bridgehead atoms. The second-order valence-electron chi connectivity index (χ2n) is 4.20. The Morgan fingerprint density at radius 2 is 2.00 bits per heavy atom. The van der Waals surface area contributed by atoms with Crippen LogP contribution in [0.25, 0.3) is 0 Å². The molecule has 0 amide bonds. The van der Waals surface area contributed by atoms with Crippen LogP contribution >= 0.6 is 11.3 Å². The Morgan fingerprint density at radius 1 is 1.28 bits per heavy atom. The first-order valence-electron chi connectivity index (χ1n) is 6.09. The molecule has 0 saturated heterocycles. The molecule has 1 aromatic heterocycles. The number of aryl methyl sites for hydroxylation is 1. The van der Waals surface area contributed by atoms with Crippen molar-refractivity contribution in [2.24, 2.45) is 0 Å². The molecule has 18 heavy (non-hydrogen) atoms. The minimum absolute atomic E-state index is 0.193. The Morgan fingerprint density at radius 3 is 2.67 bits per heavy atom. The van der Waals surface area contributed by atoms with Crippen LogP contribution in [0.2, 0.25) is 0 Å². The lowest BCUT2D eigenvalue weighted by molar-refractivity contribution is 0.627. The molecule has 0 aliphatic heterocycles. The van der Waals surface area contributed by atoms with Gasteiger partial charge in [-0.25, -0.2) is 9.37 Å². The van der Waals surface area contributed by atoms with E-state index in [0.29, 0.717) is 0 Å². The number of hydrogen-bond acceptors (Lipinski definition) is 3. The Kier molecular flexibility index (Phi) is 4.44. The maximum atomic E-state index is 12.8. The molecule has 0 unspecified atom stereocenters. The second kappa shape index (κ2) is 6.07. The van der Waals surface area contributed by atoms with Crippen LogP contribution in [0.4, 0.5) is 4.39 Å². The zero-order valence-electron chi connectivity index (χ0n) is 10.7. The van der Waals surface area contributed by atoms with E-state index in [1.807, 2.05) is 19.1 Å². The number of rotatable bonds is 5. The number of benzene rings is 1. The Balaban J connectivity index is 2.07. The zero-order chi connectivity index (χ0) is 13.0. The minimum Gasteiger partial charge on any atom is -0.312 e. The zero-order valence-corrected chi connectivity index (χ0v) is 11.5. The van der Waals surface area contributed by atoms with Crippen molar-refractivity contribution in [3.63, 3.8) is 0 Å². The molecule has 0 aliphatic rings. The molecular formula is C14H17FN2S. The van der Waals surface area contributed by atoms with E-state index in [1.54, 1.807) is 11.3 Å². The smallest absolute Gasteiger partial charge is 0.123 e. The molecule has 2 aromatic rings. The SMILES string of the molecule is CCNCc1sc(Cc2ccc(F)cc2)nc1C. The highest BCUT2D eigenvalue weighted by atomic mass is 32.1. The quantitative estimate of drug-likeness (QED) is 0.896. The fourth-order valence-electron chi connectivity index (χ4n) is 1.74. The normalized spacial score (nSPS) is 10.8. The molecule has 0 atom stereocenters. The van der Waals surface area contributed by atoms with Crippen molar-refractivity contribution in [2.75, 3.05) is 6.54 Å². The second-order valence-corrected chi connectivity index (χ2v) is 5.37. The van der Waals surface area contributed by atoms with Gasteiger partial charge in [0.25, 0.3) is 0 Å². The summed E-state index contributed by atoms with van der Waals surface area (Å²) in [4.78, 5) is 5.85. The molecule has 96 valence electrons. The van der Waals surface area contributed by atoms with Gasteiger partial charge in [0.1, 0.15) is 5.82 Å². The van der Waals surface area contributed by atoms with E-state index in [9.17, 15) is 4.39 Å². The predicted octanol–water partition coefficient (Wildman–Crippen LogP) is 3.29. The summed E-state index contributed by atoms with van der Waals surface area (Å²) in [7, 11) is 0. The van der Waals surface area contributed by atoms with Crippen molar-refractivity contribution in [1.82, 2.24) is 10.3 Å². The Labute approximate surface area is 111 Å². The Hall–Kier alpha value is -1.26. The number of aromatic nitrogens is 1. The summed E-state index contributed by atoms with van der Waals surface area (Å²) in [6, 6.07) is 6.62. The van der Waals surface area contributed by atoms with Gasteiger partial charge in [0.05, 0.1) is 10.7 Å². The highest BCUT2D eigenvalue weighted by molar-refractivity contribution is 7.11. The van der Waals surface area contributed by atoms with E-state index >= 15 is 0 Å². The van der Waals surface area contributed by atoms with E-state index in [-0.39, 0.29) is 5.82 Å². The van der Waals surface area contributed by atoms with Crippen molar-refractivity contribution in [1.29, 1.82) is 0 Å². The topological polar surface area (TPSA) is 24.9 Å². The molecule has 2 nitrogen and oxygen atoms in total. The molecule has 0 fully saturated rings. The van der Waals surface area contributed by atoms with E-state index in [2.05, 4.69) is 17.2 Å². The van der Waals surface area contributed by atoms with Crippen LogP contribution in [0, 0.1) is 12.7 Å². The van der Waals surface area contributed by atoms with Gasteiger partial charge in [0.15, 0.2) is 0 Å². The predicted molar refractivity (Wildman–Crippen MR) is 73.4 cm³/mol. The lowest BCUT2D eigenvalue weighted by atomic mass is 10.1. The highest BCUT2D eigenvalue weighted by Gasteiger charge is 2.07. The van der Waals surface area contributed by atoms with Crippen molar-refractivity contribution < 1.29 is 4.39 Å². The summed E-state index contributed by atoms with van der Waals surface area (Å²) < 4.78 is 12.8. The molecule has 1 N–H and O–H groups in total. The monoisotopic (exact) mass is 264 g/mol. The van der Waals surface area contributed by atoms with Gasteiger partial charge in [-0.3, -0.25) is 0 Å². The third-order valence-electron chi connectivity index (χ3n) is 2.74. The third-order valence-corrected chi connectivity index (χ3v) is 3.90. The van der Waals surface area contributed by atoms with Crippen LogP contribution in [0.15, 0.2) is 24.3 Å². The summed E-state index contributed by atoms with van der Waals surface area (Å²) in [6.45, 7) is 5.97. The first-order chi connectivity index (χ1) is 8.69. The van der Waals surface area contributed by atoms with Gasteiger partial charge < -0.3 is 5.32 Å².